The molecule has 4 rings (SSSR count). The van der Waals surface area contributed by atoms with E-state index >= 15 is 0 Å². The number of rotatable bonds is 1. The molecular weight excluding hydrogens is 200 g/mol. The van der Waals surface area contributed by atoms with Crippen molar-refractivity contribution in [1.82, 2.24) is 9.97 Å². The van der Waals surface area contributed by atoms with Crippen LogP contribution in [0.25, 0.3) is 0 Å². The van der Waals surface area contributed by atoms with E-state index in [-0.39, 0.29) is 5.56 Å². The molecule has 1 heterocycles. The summed E-state index contributed by atoms with van der Waals surface area (Å²) in [5, 5.41) is 0. The number of hydrogen-bond acceptors (Lipinski definition) is 2. The predicted octanol–water partition coefficient (Wildman–Crippen LogP) is 2.65. The topological polar surface area (TPSA) is 45.8 Å². The third-order valence-corrected chi connectivity index (χ3v) is 4.07. The zero-order chi connectivity index (χ0) is 11.3. The van der Waals surface area contributed by atoms with Crippen LogP contribution in [0, 0.1) is 0 Å². The monoisotopic (exact) mass is 218 g/mol. The van der Waals surface area contributed by atoms with Gasteiger partial charge >= 0.3 is 0 Å². The Bertz CT molecular complexity index is 467. The van der Waals surface area contributed by atoms with E-state index in [1.165, 1.54) is 25.7 Å². The van der Waals surface area contributed by atoms with Crippen molar-refractivity contribution in [3.8, 4) is 0 Å². The van der Waals surface area contributed by atoms with Gasteiger partial charge in [-0.15, -0.1) is 0 Å². The van der Waals surface area contributed by atoms with Crippen LogP contribution in [0.5, 0.6) is 0 Å². The molecule has 1 aromatic heterocycles. The minimum atomic E-state index is 0.128. The summed E-state index contributed by atoms with van der Waals surface area (Å²) in [5.41, 5.74) is 2.25. The maximum absolute atomic E-state index is 12.1. The van der Waals surface area contributed by atoms with E-state index in [9.17, 15) is 4.79 Å². The molecule has 0 unspecified atom stereocenters. The molecule has 86 valence electrons. The van der Waals surface area contributed by atoms with Crippen molar-refractivity contribution < 1.29 is 0 Å². The Morgan fingerprint density at radius 2 is 1.81 bits per heavy atom. The van der Waals surface area contributed by atoms with Gasteiger partial charge in [0.05, 0.1) is 5.69 Å². The fraction of sp³-hybridized carbons (Fsp3) is 0.692. The molecule has 0 saturated heterocycles. The summed E-state index contributed by atoms with van der Waals surface area (Å²) in [6, 6.07) is 0. The predicted molar refractivity (Wildman–Crippen MR) is 62.9 cm³/mol. The van der Waals surface area contributed by atoms with Crippen LogP contribution in [0.15, 0.2) is 4.79 Å². The van der Waals surface area contributed by atoms with Gasteiger partial charge in [-0.1, -0.05) is 13.8 Å². The first-order chi connectivity index (χ1) is 7.66. The molecule has 3 heteroatoms. The lowest BCUT2D eigenvalue weighted by atomic mass is 9.69. The summed E-state index contributed by atoms with van der Waals surface area (Å²) in [6.07, 6.45) is 4.82. The number of nitrogens with one attached hydrogen (secondary N) is 1. The lowest BCUT2D eigenvalue weighted by Crippen LogP contribution is -2.32. The smallest absolute Gasteiger partial charge is 0.254 e. The maximum atomic E-state index is 12.1. The molecule has 16 heavy (non-hydrogen) atoms. The Balaban J connectivity index is 2.20. The highest BCUT2D eigenvalue weighted by Gasteiger charge is 2.36. The van der Waals surface area contributed by atoms with Gasteiger partial charge in [-0.25, -0.2) is 4.98 Å². The normalized spacial score (nSPS) is 27.2. The van der Waals surface area contributed by atoms with Crippen molar-refractivity contribution in [2.75, 3.05) is 0 Å². The van der Waals surface area contributed by atoms with Gasteiger partial charge in [0.1, 0.15) is 5.82 Å². The Hall–Kier alpha value is -1.12. The molecule has 2 bridgehead atoms. The molecule has 3 aliphatic rings. The Labute approximate surface area is 95.3 Å². The number of H-pyrrole nitrogens is 1. The fourth-order valence-corrected chi connectivity index (χ4v) is 3.15. The number of aromatic nitrogens is 2. The van der Waals surface area contributed by atoms with Crippen molar-refractivity contribution in [3.05, 3.63) is 27.4 Å². The van der Waals surface area contributed by atoms with Gasteiger partial charge in [0.15, 0.2) is 0 Å². The largest absolute Gasteiger partial charge is 0.310 e. The second kappa shape index (κ2) is 3.44. The molecular formula is C13H18N2O. The number of nitrogens with zero attached hydrogens (tertiary/aromatic N) is 1. The van der Waals surface area contributed by atoms with Crippen molar-refractivity contribution in [2.24, 2.45) is 0 Å². The molecule has 0 aromatic carbocycles. The van der Waals surface area contributed by atoms with E-state index in [0.717, 1.165) is 17.1 Å². The van der Waals surface area contributed by atoms with Crippen molar-refractivity contribution in [2.45, 2.75) is 57.3 Å². The molecule has 0 amide bonds. The molecule has 0 atom stereocenters. The molecule has 3 aliphatic carbocycles. The highest BCUT2D eigenvalue weighted by molar-refractivity contribution is 5.31. The van der Waals surface area contributed by atoms with Gasteiger partial charge in [-0.3, -0.25) is 4.79 Å². The second-order valence-electron chi connectivity index (χ2n) is 5.45. The molecule has 0 aliphatic heterocycles. The van der Waals surface area contributed by atoms with Crippen LogP contribution in [-0.2, 0) is 0 Å². The molecule has 0 radical (unpaired) electrons. The van der Waals surface area contributed by atoms with Gasteiger partial charge in [-0.05, 0) is 31.6 Å². The second-order valence-corrected chi connectivity index (χ2v) is 5.45. The van der Waals surface area contributed by atoms with E-state index in [2.05, 4.69) is 18.8 Å². The standard InChI is InChI=1S/C13H18N2O/c1-7(2)12-14-11-9-5-3-8(4-6-9)10(11)13(16)15-12/h7-9H,3-6H2,1-2H3,(H,14,15,16). The summed E-state index contributed by atoms with van der Waals surface area (Å²) in [6.45, 7) is 4.15. The highest BCUT2D eigenvalue weighted by Crippen LogP contribution is 2.47. The SMILES string of the molecule is CC(C)c1nc2c(c(=O)[nH]1)C1CCC2CC1. The first-order valence-corrected chi connectivity index (χ1v) is 6.31. The fourth-order valence-electron chi connectivity index (χ4n) is 3.15. The van der Waals surface area contributed by atoms with Gasteiger partial charge in [0.2, 0.25) is 0 Å². The summed E-state index contributed by atoms with van der Waals surface area (Å²) in [4.78, 5) is 19.7. The Kier molecular flexibility index (Phi) is 2.16. The van der Waals surface area contributed by atoms with Crippen LogP contribution in [0.1, 0.15) is 74.4 Å². The first kappa shape index (κ1) is 10.1. The first-order valence-electron chi connectivity index (χ1n) is 6.31. The zero-order valence-electron chi connectivity index (χ0n) is 9.92. The van der Waals surface area contributed by atoms with Crippen LogP contribution in [-0.4, -0.2) is 9.97 Å². The molecule has 0 spiro atoms. The molecule has 3 nitrogen and oxygen atoms in total. The number of hydrogen-bond donors (Lipinski definition) is 1. The lowest BCUT2D eigenvalue weighted by Gasteiger charge is -2.36. The van der Waals surface area contributed by atoms with Crippen LogP contribution >= 0.6 is 0 Å². The van der Waals surface area contributed by atoms with E-state index in [0.29, 0.717) is 17.8 Å². The van der Waals surface area contributed by atoms with Crippen molar-refractivity contribution in [1.29, 1.82) is 0 Å². The Morgan fingerprint density at radius 1 is 1.19 bits per heavy atom. The van der Waals surface area contributed by atoms with E-state index in [1.807, 2.05) is 0 Å². The van der Waals surface area contributed by atoms with E-state index in [1.54, 1.807) is 0 Å². The molecule has 1 N–H and O–H groups in total. The van der Waals surface area contributed by atoms with Gasteiger partial charge in [-0.2, -0.15) is 0 Å². The average Bonchev–Trinajstić information content (AvgIpc) is 2.30. The zero-order valence-corrected chi connectivity index (χ0v) is 9.92. The van der Waals surface area contributed by atoms with Crippen LogP contribution < -0.4 is 5.56 Å². The van der Waals surface area contributed by atoms with Crippen molar-refractivity contribution in [3.63, 3.8) is 0 Å². The summed E-state index contributed by atoms with van der Waals surface area (Å²) < 4.78 is 0. The summed E-state index contributed by atoms with van der Waals surface area (Å²) in [7, 11) is 0. The van der Waals surface area contributed by atoms with Crippen LogP contribution in [0.2, 0.25) is 0 Å². The molecule has 1 aromatic rings. The summed E-state index contributed by atoms with van der Waals surface area (Å²) >= 11 is 0. The quantitative estimate of drug-likeness (QED) is 0.787. The Morgan fingerprint density at radius 3 is 2.44 bits per heavy atom. The number of fused-ring (bicyclic) bond motifs is 2. The van der Waals surface area contributed by atoms with Crippen LogP contribution in [0.3, 0.4) is 0 Å². The third kappa shape index (κ3) is 1.34. The minimum absolute atomic E-state index is 0.128. The maximum Gasteiger partial charge on any atom is 0.254 e. The van der Waals surface area contributed by atoms with E-state index < -0.39 is 0 Å². The van der Waals surface area contributed by atoms with Crippen molar-refractivity contribution >= 4 is 0 Å². The number of aromatic amines is 1. The van der Waals surface area contributed by atoms with Crippen LogP contribution in [0.4, 0.5) is 0 Å². The van der Waals surface area contributed by atoms with E-state index in [4.69, 9.17) is 4.98 Å². The van der Waals surface area contributed by atoms with Gasteiger partial charge < -0.3 is 4.98 Å². The van der Waals surface area contributed by atoms with Gasteiger partial charge in [0, 0.05) is 17.4 Å². The highest BCUT2D eigenvalue weighted by atomic mass is 16.1. The average molecular weight is 218 g/mol. The van der Waals surface area contributed by atoms with Gasteiger partial charge in [0.25, 0.3) is 5.56 Å². The molecule has 1 fully saturated rings. The third-order valence-electron chi connectivity index (χ3n) is 4.07. The molecule has 1 saturated carbocycles. The lowest BCUT2D eigenvalue weighted by molar-refractivity contribution is 0.345. The summed E-state index contributed by atoms with van der Waals surface area (Å²) in [5.74, 6) is 2.20. The minimum Gasteiger partial charge on any atom is -0.310 e.